The Morgan fingerprint density at radius 1 is 1.52 bits per heavy atom. The molecule has 1 unspecified atom stereocenters. The average molecular weight is 458 g/mol. The fourth-order valence-electron chi connectivity index (χ4n) is 3.45. The lowest BCUT2D eigenvalue weighted by atomic mass is 10.1. The maximum atomic E-state index is 12.7. The number of hydrogen-bond donors (Lipinski definition) is 1. The SMILES string of the molecule is C=CCn1c(SCC(=O)Nc2cc3c(cc2OCC)CC(C)O3)nc2ccsc2c1=O. The molecule has 31 heavy (non-hydrogen) atoms. The minimum Gasteiger partial charge on any atom is -0.492 e. The Morgan fingerprint density at radius 2 is 2.35 bits per heavy atom. The molecular weight excluding hydrogens is 434 g/mol. The summed E-state index contributed by atoms with van der Waals surface area (Å²) in [5, 5.41) is 5.24. The second-order valence-corrected chi connectivity index (χ2v) is 8.95. The molecule has 0 bridgehead atoms. The van der Waals surface area contributed by atoms with Gasteiger partial charge in [-0.1, -0.05) is 17.8 Å². The molecule has 2 aromatic heterocycles. The number of aromatic nitrogens is 2. The van der Waals surface area contributed by atoms with Crippen molar-refractivity contribution in [3.8, 4) is 11.5 Å². The topological polar surface area (TPSA) is 82.5 Å². The molecule has 0 radical (unpaired) electrons. The van der Waals surface area contributed by atoms with E-state index in [1.165, 1.54) is 23.1 Å². The molecule has 7 nitrogen and oxygen atoms in total. The normalized spacial score (nSPS) is 14.8. The third kappa shape index (κ3) is 4.47. The van der Waals surface area contributed by atoms with Gasteiger partial charge in [-0.2, -0.15) is 0 Å². The molecule has 1 aliphatic heterocycles. The molecule has 0 spiro atoms. The van der Waals surface area contributed by atoms with E-state index in [2.05, 4.69) is 16.9 Å². The van der Waals surface area contributed by atoms with E-state index in [1.807, 2.05) is 37.4 Å². The first-order valence-corrected chi connectivity index (χ1v) is 11.8. The minimum absolute atomic E-state index is 0.0964. The van der Waals surface area contributed by atoms with Crippen LogP contribution in [0.5, 0.6) is 11.5 Å². The first kappa shape index (κ1) is 21.5. The summed E-state index contributed by atoms with van der Waals surface area (Å²) in [6.45, 7) is 8.45. The number of carbonyl (C=O) groups excluding carboxylic acids is 1. The average Bonchev–Trinajstić information content (AvgIpc) is 3.34. The Morgan fingerprint density at radius 3 is 3.13 bits per heavy atom. The van der Waals surface area contributed by atoms with Crippen molar-refractivity contribution in [2.75, 3.05) is 17.7 Å². The number of fused-ring (bicyclic) bond motifs is 2. The van der Waals surface area contributed by atoms with E-state index in [0.717, 1.165) is 17.7 Å². The van der Waals surface area contributed by atoms with Crippen LogP contribution in [0.25, 0.3) is 10.2 Å². The largest absolute Gasteiger partial charge is 0.492 e. The van der Waals surface area contributed by atoms with Crippen LogP contribution in [0.2, 0.25) is 0 Å². The van der Waals surface area contributed by atoms with Crippen LogP contribution in [0.3, 0.4) is 0 Å². The van der Waals surface area contributed by atoms with Crippen molar-refractivity contribution in [2.24, 2.45) is 0 Å². The number of thiophene rings is 1. The summed E-state index contributed by atoms with van der Waals surface area (Å²) in [6, 6.07) is 5.55. The van der Waals surface area contributed by atoms with E-state index in [1.54, 1.807) is 10.6 Å². The van der Waals surface area contributed by atoms with E-state index in [0.29, 0.717) is 40.0 Å². The molecule has 3 aromatic rings. The Labute approximate surface area is 188 Å². The van der Waals surface area contributed by atoms with Crippen molar-refractivity contribution >= 4 is 44.9 Å². The van der Waals surface area contributed by atoms with Gasteiger partial charge in [0.15, 0.2) is 5.16 Å². The lowest BCUT2D eigenvalue weighted by Crippen LogP contribution is -2.23. The molecule has 0 saturated carbocycles. The molecule has 1 amide bonds. The van der Waals surface area contributed by atoms with Crippen molar-refractivity contribution in [2.45, 2.75) is 38.1 Å². The van der Waals surface area contributed by atoms with Gasteiger partial charge in [-0.15, -0.1) is 17.9 Å². The number of allylic oxidation sites excluding steroid dienone is 1. The first-order valence-electron chi connectivity index (χ1n) is 9.98. The van der Waals surface area contributed by atoms with E-state index in [9.17, 15) is 9.59 Å². The highest BCUT2D eigenvalue weighted by molar-refractivity contribution is 7.99. The monoisotopic (exact) mass is 457 g/mol. The zero-order chi connectivity index (χ0) is 22.0. The molecule has 9 heteroatoms. The summed E-state index contributed by atoms with van der Waals surface area (Å²) in [5.74, 6) is 1.27. The number of thioether (sulfide) groups is 1. The summed E-state index contributed by atoms with van der Waals surface area (Å²) < 4.78 is 13.7. The third-order valence-corrected chi connectivity index (χ3v) is 6.62. The standard InChI is InChI=1S/C22H23N3O4S2/c1-4-7-25-21(27)20-15(6-8-30-20)24-22(25)31-12-19(26)23-16-11-17-14(9-13(3)29-17)10-18(16)28-5-2/h4,6,8,10-11,13H,1,5,7,9,12H2,2-3H3,(H,23,26). The van der Waals surface area contributed by atoms with Crippen molar-refractivity contribution in [3.05, 3.63) is 52.2 Å². The van der Waals surface area contributed by atoms with Crippen LogP contribution in [0.15, 0.2) is 46.2 Å². The van der Waals surface area contributed by atoms with E-state index < -0.39 is 0 Å². The van der Waals surface area contributed by atoms with Gasteiger partial charge in [-0.05, 0) is 31.4 Å². The van der Waals surface area contributed by atoms with Gasteiger partial charge in [0.25, 0.3) is 5.56 Å². The van der Waals surface area contributed by atoms with Gasteiger partial charge in [0, 0.05) is 24.6 Å². The first-order chi connectivity index (χ1) is 15.0. The number of amides is 1. The summed E-state index contributed by atoms with van der Waals surface area (Å²) in [5.41, 5.74) is 2.17. The van der Waals surface area contributed by atoms with Crippen LogP contribution in [-0.2, 0) is 17.8 Å². The fraction of sp³-hybridized carbons (Fsp3) is 0.318. The second-order valence-electron chi connectivity index (χ2n) is 7.09. The Hall–Kier alpha value is -2.78. The quantitative estimate of drug-likeness (QED) is 0.312. The van der Waals surface area contributed by atoms with Gasteiger partial charge in [0.05, 0.1) is 23.6 Å². The summed E-state index contributed by atoms with van der Waals surface area (Å²) in [4.78, 5) is 30.0. The molecule has 1 N–H and O–H groups in total. The Balaban J connectivity index is 1.53. The van der Waals surface area contributed by atoms with Gasteiger partial charge in [0.1, 0.15) is 22.3 Å². The fourth-order valence-corrected chi connectivity index (χ4v) is 5.04. The predicted octanol–water partition coefficient (Wildman–Crippen LogP) is 4.10. The highest BCUT2D eigenvalue weighted by atomic mass is 32.2. The number of benzene rings is 1. The summed E-state index contributed by atoms with van der Waals surface area (Å²) in [6.07, 6.45) is 2.56. The lowest BCUT2D eigenvalue weighted by Gasteiger charge is -2.14. The van der Waals surface area contributed by atoms with Gasteiger partial charge in [-0.25, -0.2) is 4.98 Å². The number of anilines is 1. The third-order valence-electron chi connectivity index (χ3n) is 4.75. The molecule has 0 aliphatic carbocycles. The van der Waals surface area contributed by atoms with Crippen LogP contribution in [0.1, 0.15) is 19.4 Å². The van der Waals surface area contributed by atoms with Crippen molar-refractivity contribution in [1.82, 2.24) is 9.55 Å². The number of nitrogens with zero attached hydrogens (tertiary/aromatic N) is 2. The van der Waals surface area contributed by atoms with Gasteiger partial charge >= 0.3 is 0 Å². The van der Waals surface area contributed by atoms with Crippen LogP contribution < -0.4 is 20.3 Å². The highest BCUT2D eigenvalue weighted by Crippen LogP contribution is 2.38. The van der Waals surface area contributed by atoms with Crippen molar-refractivity contribution in [3.63, 3.8) is 0 Å². The van der Waals surface area contributed by atoms with Gasteiger partial charge < -0.3 is 14.8 Å². The van der Waals surface area contributed by atoms with E-state index in [4.69, 9.17) is 9.47 Å². The van der Waals surface area contributed by atoms with E-state index >= 15 is 0 Å². The highest BCUT2D eigenvalue weighted by Gasteiger charge is 2.23. The van der Waals surface area contributed by atoms with Gasteiger partial charge in [0.2, 0.25) is 5.91 Å². The Kier molecular flexibility index (Phi) is 6.33. The van der Waals surface area contributed by atoms with Crippen LogP contribution >= 0.6 is 23.1 Å². The summed E-state index contributed by atoms with van der Waals surface area (Å²) >= 11 is 2.58. The number of carbonyl (C=O) groups is 1. The maximum absolute atomic E-state index is 12.7. The second kappa shape index (κ2) is 9.15. The smallest absolute Gasteiger partial charge is 0.272 e. The maximum Gasteiger partial charge on any atom is 0.272 e. The van der Waals surface area contributed by atoms with Crippen molar-refractivity contribution in [1.29, 1.82) is 0 Å². The van der Waals surface area contributed by atoms with Crippen LogP contribution in [0.4, 0.5) is 5.69 Å². The molecule has 1 atom stereocenters. The number of rotatable bonds is 8. The zero-order valence-corrected chi connectivity index (χ0v) is 19.0. The number of hydrogen-bond acceptors (Lipinski definition) is 7. The number of nitrogens with one attached hydrogen (secondary N) is 1. The summed E-state index contributed by atoms with van der Waals surface area (Å²) in [7, 11) is 0. The lowest BCUT2D eigenvalue weighted by molar-refractivity contribution is -0.113. The minimum atomic E-state index is -0.221. The molecular formula is C22H23N3O4S2. The molecule has 3 heterocycles. The van der Waals surface area contributed by atoms with Crippen molar-refractivity contribution < 1.29 is 14.3 Å². The Bertz CT molecular complexity index is 1200. The number of ether oxygens (including phenoxy) is 2. The molecule has 1 aliphatic rings. The van der Waals surface area contributed by atoms with Crippen LogP contribution in [0, 0.1) is 0 Å². The van der Waals surface area contributed by atoms with E-state index in [-0.39, 0.29) is 23.3 Å². The molecule has 0 saturated heterocycles. The predicted molar refractivity (Wildman–Crippen MR) is 125 cm³/mol. The molecule has 162 valence electrons. The zero-order valence-electron chi connectivity index (χ0n) is 17.3. The molecule has 1 aromatic carbocycles. The van der Waals surface area contributed by atoms with Crippen LogP contribution in [-0.4, -0.2) is 33.9 Å². The molecule has 0 fully saturated rings. The molecule has 4 rings (SSSR count). The van der Waals surface area contributed by atoms with Gasteiger partial charge in [-0.3, -0.25) is 14.2 Å².